The highest BCUT2D eigenvalue weighted by atomic mass is 32.2. The molecular formula is C10H19NO4S. The standard InChI is InChI=1S/C10H19NO4S/c1-2-16(14,15)11-10(8-9(12)13)6-4-3-5-7-10/h11H,2-8H2,1H3,(H,12,13). The van der Waals surface area contributed by atoms with Gasteiger partial charge in [-0.1, -0.05) is 19.3 Å². The molecule has 0 bridgehead atoms. The van der Waals surface area contributed by atoms with Gasteiger partial charge in [0.05, 0.1) is 12.2 Å². The fourth-order valence-corrected chi connectivity index (χ4v) is 3.32. The van der Waals surface area contributed by atoms with Crippen molar-refractivity contribution in [1.29, 1.82) is 0 Å². The number of carboxylic acids is 1. The summed E-state index contributed by atoms with van der Waals surface area (Å²) in [5.74, 6) is -0.949. The van der Waals surface area contributed by atoms with E-state index in [1.807, 2.05) is 0 Å². The fraction of sp³-hybridized carbons (Fsp3) is 0.900. The summed E-state index contributed by atoms with van der Waals surface area (Å²) in [6.07, 6.45) is 3.96. The monoisotopic (exact) mass is 249 g/mol. The minimum absolute atomic E-state index is 0.00559. The maximum absolute atomic E-state index is 11.6. The first kappa shape index (κ1) is 13.4. The minimum atomic E-state index is -3.34. The zero-order valence-electron chi connectivity index (χ0n) is 9.53. The molecule has 2 N–H and O–H groups in total. The highest BCUT2D eigenvalue weighted by Gasteiger charge is 2.37. The van der Waals surface area contributed by atoms with Gasteiger partial charge in [0.1, 0.15) is 0 Å². The van der Waals surface area contributed by atoms with Crippen molar-refractivity contribution in [3.8, 4) is 0 Å². The lowest BCUT2D eigenvalue weighted by atomic mass is 9.80. The van der Waals surface area contributed by atoms with E-state index in [-0.39, 0.29) is 12.2 Å². The van der Waals surface area contributed by atoms with Crippen LogP contribution in [-0.4, -0.2) is 30.8 Å². The van der Waals surface area contributed by atoms with E-state index in [2.05, 4.69) is 4.72 Å². The number of hydrogen-bond acceptors (Lipinski definition) is 3. The summed E-state index contributed by atoms with van der Waals surface area (Å²) in [4.78, 5) is 10.8. The maximum atomic E-state index is 11.6. The van der Waals surface area contributed by atoms with E-state index < -0.39 is 21.5 Å². The van der Waals surface area contributed by atoms with Crippen molar-refractivity contribution in [2.24, 2.45) is 0 Å². The highest BCUT2D eigenvalue weighted by molar-refractivity contribution is 7.89. The first-order chi connectivity index (χ1) is 7.39. The molecule has 0 aliphatic heterocycles. The van der Waals surface area contributed by atoms with Crippen molar-refractivity contribution in [1.82, 2.24) is 4.72 Å². The van der Waals surface area contributed by atoms with Gasteiger partial charge in [-0.2, -0.15) is 0 Å². The first-order valence-electron chi connectivity index (χ1n) is 5.63. The Bertz CT molecular complexity index is 344. The van der Waals surface area contributed by atoms with Crippen LogP contribution in [0.1, 0.15) is 45.4 Å². The molecule has 0 aromatic heterocycles. The average Bonchev–Trinajstić information content (AvgIpc) is 2.16. The third-order valence-corrected chi connectivity index (χ3v) is 4.56. The van der Waals surface area contributed by atoms with Gasteiger partial charge in [0.25, 0.3) is 0 Å². The maximum Gasteiger partial charge on any atom is 0.305 e. The Kier molecular flexibility index (Phi) is 4.32. The van der Waals surface area contributed by atoms with Gasteiger partial charge in [0.2, 0.25) is 10.0 Å². The Labute approximate surface area is 96.3 Å². The third kappa shape index (κ3) is 3.75. The zero-order chi connectivity index (χ0) is 12.2. The van der Waals surface area contributed by atoms with Crippen LogP contribution in [0.25, 0.3) is 0 Å². The average molecular weight is 249 g/mol. The van der Waals surface area contributed by atoms with Gasteiger partial charge in [-0.3, -0.25) is 4.79 Å². The molecule has 0 heterocycles. The number of rotatable bonds is 5. The summed E-state index contributed by atoms with van der Waals surface area (Å²) >= 11 is 0. The Morgan fingerprint density at radius 3 is 2.31 bits per heavy atom. The third-order valence-electron chi connectivity index (χ3n) is 3.05. The van der Waals surface area contributed by atoms with Gasteiger partial charge in [-0.25, -0.2) is 13.1 Å². The normalized spacial score (nSPS) is 20.6. The van der Waals surface area contributed by atoms with Crippen molar-refractivity contribution in [2.45, 2.75) is 51.0 Å². The van der Waals surface area contributed by atoms with Crippen LogP contribution >= 0.6 is 0 Å². The van der Waals surface area contributed by atoms with E-state index in [1.165, 1.54) is 0 Å². The molecule has 1 aliphatic carbocycles. The van der Waals surface area contributed by atoms with E-state index >= 15 is 0 Å². The first-order valence-corrected chi connectivity index (χ1v) is 7.28. The second-order valence-electron chi connectivity index (χ2n) is 4.42. The van der Waals surface area contributed by atoms with Crippen LogP contribution in [0.5, 0.6) is 0 Å². The van der Waals surface area contributed by atoms with E-state index in [0.29, 0.717) is 12.8 Å². The molecule has 0 unspecified atom stereocenters. The van der Waals surface area contributed by atoms with Gasteiger partial charge >= 0.3 is 5.97 Å². The minimum Gasteiger partial charge on any atom is -0.481 e. The number of hydrogen-bond donors (Lipinski definition) is 2. The molecule has 1 rings (SSSR count). The van der Waals surface area contributed by atoms with Crippen molar-refractivity contribution in [3.05, 3.63) is 0 Å². The summed E-state index contributed by atoms with van der Waals surface area (Å²) in [6, 6.07) is 0. The number of nitrogens with one attached hydrogen (secondary N) is 1. The lowest BCUT2D eigenvalue weighted by Crippen LogP contribution is -2.51. The SMILES string of the molecule is CCS(=O)(=O)NC1(CC(=O)O)CCCCC1. The van der Waals surface area contributed by atoms with Crippen LogP contribution in [0.15, 0.2) is 0 Å². The molecule has 0 atom stereocenters. The zero-order valence-corrected chi connectivity index (χ0v) is 10.3. The molecule has 0 amide bonds. The second kappa shape index (κ2) is 5.14. The number of carbonyl (C=O) groups is 1. The van der Waals surface area contributed by atoms with Gasteiger partial charge in [0, 0.05) is 5.54 Å². The van der Waals surface area contributed by atoms with Gasteiger partial charge in [-0.15, -0.1) is 0 Å². The summed E-state index contributed by atoms with van der Waals surface area (Å²) in [6.45, 7) is 1.56. The van der Waals surface area contributed by atoms with Crippen LogP contribution in [0.4, 0.5) is 0 Å². The number of sulfonamides is 1. The van der Waals surface area contributed by atoms with Crippen LogP contribution in [-0.2, 0) is 14.8 Å². The Balaban J connectivity index is 2.82. The van der Waals surface area contributed by atoms with Crippen molar-refractivity contribution in [2.75, 3.05) is 5.75 Å². The number of carboxylic acid groups (broad SMARTS) is 1. The van der Waals surface area contributed by atoms with Crippen molar-refractivity contribution < 1.29 is 18.3 Å². The Morgan fingerprint density at radius 1 is 1.31 bits per heavy atom. The summed E-state index contributed by atoms with van der Waals surface area (Å²) in [5.41, 5.74) is -0.751. The largest absolute Gasteiger partial charge is 0.481 e. The topological polar surface area (TPSA) is 83.5 Å². The molecule has 94 valence electrons. The predicted molar refractivity (Wildman–Crippen MR) is 60.7 cm³/mol. The molecule has 0 saturated heterocycles. The Hall–Kier alpha value is -0.620. The summed E-state index contributed by atoms with van der Waals surface area (Å²) in [5, 5.41) is 8.87. The van der Waals surface area contributed by atoms with Crippen LogP contribution < -0.4 is 4.72 Å². The van der Waals surface area contributed by atoms with Crippen molar-refractivity contribution >= 4 is 16.0 Å². The molecule has 1 aliphatic rings. The van der Waals surface area contributed by atoms with E-state index in [1.54, 1.807) is 6.92 Å². The van der Waals surface area contributed by atoms with E-state index in [4.69, 9.17) is 5.11 Å². The molecule has 0 radical (unpaired) electrons. The van der Waals surface area contributed by atoms with Crippen molar-refractivity contribution in [3.63, 3.8) is 0 Å². The fourth-order valence-electron chi connectivity index (χ4n) is 2.23. The molecule has 6 heteroatoms. The van der Waals surface area contributed by atoms with Gasteiger partial charge in [0.15, 0.2) is 0 Å². The lowest BCUT2D eigenvalue weighted by molar-refractivity contribution is -0.138. The van der Waals surface area contributed by atoms with Crippen LogP contribution in [0.3, 0.4) is 0 Å². The van der Waals surface area contributed by atoms with Crippen LogP contribution in [0, 0.1) is 0 Å². The summed E-state index contributed by atoms with van der Waals surface area (Å²) in [7, 11) is -3.34. The second-order valence-corrected chi connectivity index (χ2v) is 6.43. The van der Waals surface area contributed by atoms with E-state index in [0.717, 1.165) is 19.3 Å². The van der Waals surface area contributed by atoms with Crippen LogP contribution in [0.2, 0.25) is 0 Å². The smallest absolute Gasteiger partial charge is 0.305 e. The molecular weight excluding hydrogens is 230 g/mol. The molecule has 0 aromatic carbocycles. The molecule has 0 aromatic rings. The quantitative estimate of drug-likeness (QED) is 0.764. The number of aliphatic carboxylic acids is 1. The van der Waals surface area contributed by atoms with E-state index in [9.17, 15) is 13.2 Å². The molecule has 5 nitrogen and oxygen atoms in total. The van der Waals surface area contributed by atoms with Gasteiger partial charge < -0.3 is 5.11 Å². The molecule has 1 fully saturated rings. The Morgan fingerprint density at radius 2 is 1.88 bits per heavy atom. The van der Waals surface area contributed by atoms with Gasteiger partial charge in [-0.05, 0) is 19.8 Å². The molecule has 16 heavy (non-hydrogen) atoms. The molecule has 1 saturated carbocycles. The molecule has 0 spiro atoms. The highest BCUT2D eigenvalue weighted by Crippen LogP contribution is 2.31. The summed E-state index contributed by atoms with van der Waals surface area (Å²) < 4.78 is 25.7. The lowest BCUT2D eigenvalue weighted by Gasteiger charge is -2.36. The predicted octanol–water partition coefficient (Wildman–Crippen LogP) is 1.10.